The number of hydrogen-bond acceptors (Lipinski definition) is 4. The highest BCUT2D eigenvalue weighted by atomic mass is 32.2. The van der Waals surface area contributed by atoms with E-state index in [4.69, 9.17) is 0 Å². The molecule has 1 fully saturated rings. The zero-order valence-electron chi connectivity index (χ0n) is 14.4. The number of nitrogens with one attached hydrogen (secondary N) is 2. The molecule has 2 aromatic carbocycles. The van der Waals surface area contributed by atoms with E-state index in [1.807, 2.05) is 4.72 Å². The maximum atomic E-state index is 13.2. The van der Waals surface area contributed by atoms with E-state index in [0.717, 1.165) is 49.8 Å². The highest BCUT2D eigenvalue weighted by Gasteiger charge is 2.19. The van der Waals surface area contributed by atoms with Gasteiger partial charge in [0.15, 0.2) is 11.6 Å². The molecule has 0 aromatic heterocycles. The lowest BCUT2D eigenvalue weighted by atomic mass is 10.1. The number of rotatable bonds is 4. The summed E-state index contributed by atoms with van der Waals surface area (Å²) in [4.78, 5) is 14.0. The van der Waals surface area contributed by atoms with Gasteiger partial charge in [-0.1, -0.05) is 0 Å². The van der Waals surface area contributed by atoms with Gasteiger partial charge in [0.2, 0.25) is 0 Å². The maximum absolute atomic E-state index is 13.2. The standard InChI is InChI=1S/C18H19F2N3O3S/c19-16-9-4-13(12-17(16)20)21-18(24)22-27(25,26)15-7-5-14(6-8-15)23-10-2-1-3-11-23/h4-9,12H,1-3,10-11H2,(H2,21,22,24). The number of benzene rings is 2. The molecule has 0 atom stereocenters. The van der Waals surface area contributed by atoms with Crippen LogP contribution in [-0.4, -0.2) is 27.5 Å². The summed E-state index contributed by atoms with van der Waals surface area (Å²) in [5.41, 5.74) is 0.863. The second-order valence-electron chi connectivity index (χ2n) is 6.23. The minimum atomic E-state index is -4.09. The first-order valence-electron chi connectivity index (χ1n) is 8.49. The molecule has 0 saturated carbocycles. The molecule has 6 nitrogen and oxygen atoms in total. The fraction of sp³-hybridized carbons (Fsp3) is 0.278. The summed E-state index contributed by atoms with van der Waals surface area (Å²) >= 11 is 0. The number of urea groups is 1. The van der Waals surface area contributed by atoms with Crippen molar-refractivity contribution in [1.29, 1.82) is 0 Å². The molecule has 0 spiro atoms. The van der Waals surface area contributed by atoms with Gasteiger partial charge in [0.1, 0.15) is 0 Å². The van der Waals surface area contributed by atoms with Crippen molar-refractivity contribution in [3.8, 4) is 0 Å². The van der Waals surface area contributed by atoms with Crippen LogP contribution >= 0.6 is 0 Å². The SMILES string of the molecule is O=C(Nc1ccc(F)c(F)c1)NS(=O)(=O)c1ccc(N2CCCCC2)cc1. The van der Waals surface area contributed by atoms with Crippen molar-refractivity contribution < 1.29 is 22.0 Å². The Labute approximate surface area is 156 Å². The van der Waals surface area contributed by atoms with E-state index in [1.165, 1.54) is 18.6 Å². The Morgan fingerprint density at radius 1 is 0.926 bits per heavy atom. The van der Waals surface area contributed by atoms with Crippen LogP contribution in [0.3, 0.4) is 0 Å². The van der Waals surface area contributed by atoms with E-state index in [1.54, 1.807) is 12.1 Å². The fourth-order valence-corrected chi connectivity index (χ4v) is 3.81. The highest BCUT2D eigenvalue weighted by Crippen LogP contribution is 2.22. The van der Waals surface area contributed by atoms with Gasteiger partial charge in [-0.05, 0) is 55.7 Å². The van der Waals surface area contributed by atoms with E-state index >= 15 is 0 Å². The van der Waals surface area contributed by atoms with E-state index < -0.39 is 27.7 Å². The molecule has 1 saturated heterocycles. The normalized spacial score (nSPS) is 14.7. The van der Waals surface area contributed by atoms with Crippen LogP contribution in [0, 0.1) is 11.6 Å². The van der Waals surface area contributed by atoms with Gasteiger partial charge in [0.05, 0.1) is 4.90 Å². The number of halogens is 2. The van der Waals surface area contributed by atoms with Crippen molar-refractivity contribution in [1.82, 2.24) is 4.72 Å². The number of piperidine rings is 1. The number of sulfonamides is 1. The Kier molecular flexibility index (Phi) is 5.59. The van der Waals surface area contributed by atoms with Gasteiger partial charge in [-0.2, -0.15) is 0 Å². The zero-order chi connectivity index (χ0) is 19.4. The van der Waals surface area contributed by atoms with Gasteiger partial charge in [-0.3, -0.25) is 0 Å². The fourth-order valence-electron chi connectivity index (χ4n) is 2.90. The molecule has 0 radical (unpaired) electrons. The Balaban J connectivity index is 1.66. The predicted molar refractivity (Wildman–Crippen MR) is 98.2 cm³/mol. The Hall–Kier alpha value is -2.68. The van der Waals surface area contributed by atoms with Crippen LogP contribution in [-0.2, 0) is 10.0 Å². The van der Waals surface area contributed by atoms with Crippen LogP contribution in [0.5, 0.6) is 0 Å². The molecule has 0 aliphatic carbocycles. The van der Waals surface area contributed by atoms with Crippen LogP contribution < -0.4 is 14.9 Å². The number of amides is 2. The van der Waals surface area contributed by atoms with Crippen LogP contribution in [0.2, 0.25) is 0 Å². The third-order valence-electron chi connectivity index (χ3n) is 4.27. The lowest BCUT2D eigenvalue weighted by Crippen LogP contribution is -2.34. The lowest BCUT2D eigenvalue weighted by molar-refractivity contribution is 0.256. The van der Waals surface area contributed by atoms with Crippen LogP contribution in [0.25, 0.3) is 0 Å². The van der Waals surface area contributed by atoms with Gasteiger partial charge in [-0.25, -0.2) is 26.7 Å². The molecule has 0 bridgehead atoms. The lowest BCUT2D eigenvalue weighted by Gasteiger charge is -2.28. The minimum absolute atomic E-state index is 0.0660. The van der Waals surface area contributed by atoms with Crippen molar-refractivity contribution in [2.24, 2.45) is 0 Å². The van der Waals surface area contributed by atoms with Crippen molar-refractivity contribution in [2.45, 2.75) is 24.2 Å². The molecule has 0 unspecified atom stereocenters. The Bertz CT molecular complexity index is 927. The first-order valence-corrected chi connectivity index (χ1v) is 9.97. The Morgan fingerprint density at radius 3 is 2.22 bits per heavy atom. The number of anilines is 2. The summed E-state index contributed by atoms with van der Waals surface area (Å²) in [6.45, 7) is 1.86. The molecule has 1 aliphatic heterocycles. The van der Waals surface area contributed by atoms with Gasteiger partial charge < -0.3 is 10.2 Å². The largest absolute Gasteiger partial charge is 0.372 e. The molecule has 2 N–H and O–H groups in total. The van der Waals surface area contributed by atoms with Crippen molar-refractivity contribution >= 4 is 27.4 Å². The summed E-state index contributed by atoms with van der Waals surface area (Å²) in [5, 5.41) is 2.15. The van der Waals surface area contributed by atoms with E-state index in [0.29, 0.717) is 0 Å². The second kappa shape index (κ2) is 7.91. The topological polar surface area (TPSA) is 78.5 Å². The Morgan fingerprint density at radius 2 is 1.59 bits per heavy atom. The monoisotopic (exact) mass is 395 g/mol. The van der Waals surface area contributed by atoms with Crippen LogP contribution in [0.4, 0.5) is 25.0 Å². The molecule has 1 aliphatic rings. The molecular weight excluding hydrogens is 376 g/mol. The van der Waals surface area contributed by atoms with Gasteiger partial charge in [-0.15, -0.1) is 0 Å². The molecule has 1 heterocycles. The predicted octanol–water partition coefficient (Wildman–Crippen LogP) is 3.47. The number of carbonyl (C=O) groups is 1. The van der Waals surface area contributed by atoms with Crippen LogP contribution in [0.15, 0.2) is 47.4 Å². The summed E-state index contributed by atoms with van der Waals surface area (Å²) in [6, 6.07) is 7.90. The van der Waals surface area contributed by atoms with Gasteiger partial charge in [0, 0.05) is 30.5 Å². The van der Waals surface area contributed by atoms with Crippen molar-refractivity contribution in [3.63, 3.8) is 0 Å². The number of nitrogens with zero attached hydrogens (tertiary/aromatic N) is 1. The zero-order valence-corrected chi connectivity index (χ0v) is 15.2. The first kappa shape index (κ1) is 19.1. The second-order valence-corrected chi connectivity index (χ2v) is 7.91. The molecule has 3 rings (SSSR count). The number of carbonyl (C=O) groups excluding carboxylic acids is 1. The van der Waals surface area contributed by atoms with E-state index in [9.17, 15) is 22.0 Å². The maximum Gasteiger partial charge on any atom is 0.333 e. The molecule has 9 heteroatoms. The third kappa shape index (κ3) is 4.73. The number of hydrogen-bond donors (Lipinski definition) is 2. The molecule has 144 valence electrons. The quantitative estimate of drug-likeness (QED) is 0.831. The summed E-state index contributed by atoms with van der Waals surface area (Å²) < 4.78 is 52.5. The van der Waals surface area contributed by atoms with Crippen LogP contribution in [0.1, 0.15) is 19.3 Å². The van der Waals surface area contributed by atoms with Crippen molar-refractivity contribution in [3.05, 3.63) is 54.1 Å². The third-order valence-corrected chi connectivity index (χ3v) is 5.62. The summed E-state index contributed by atoms with van der Waals surface area (Å²) in [7, 11) is -4.09. The summed E-state index contributed by atoms with van der Waals surface area (Å²) in [6.07, 6.45) is 3.40. The minimum Gasteiger partial charge on any atom is -0.372 e. The first-order chi connectivity index (χ1) is 12.8. The van der Waals surface area contributed by atoms with E-state index in [-0.39, 0.29) is 10.6 Å². The van der Waals surface area contributed by atoms with Gasteiger partial charge >= 0.3 is 6.03 Å². The van der Waals surface area contributed by atoms with Crippen molar-refractivity contribution in [2.75, 3.05) is 23.3 Å². The summed E-state index contributed by atoms with van der Waals surface area (Å²) in [5.74, 6) is -2.22. The smallest absolute Gasteiger partial charge is 0.333 e. The average molecular weight is 395 g/mol. The molecule has 2 amide bonds. The van der Waals surface area contributed by atoms with E-state index in [2.05, 4.69) is 10.2 Å². The molecular formula is C18H19F2N3O3S. The average Bonchev–Trinajstić information content (AvgIpc) is 2.65. The van der Waals surface area contributed by atoms with Gasteiger partial charge in [0.25, 0.3) is 10.0 Å². The molecule has 27 heavy (non-hydrogen) atoms. The molecule has 2 aromatic rings. The highest BCUT2D eigenvalue weighted by molar-refractivity contribution is 7.90.